The van der Waals surface area contributed by atoms with Crippen molar-refractivity contribution in [2.24, 2.45) is 7.05 Å². The van der Waals surface area contributed by atoms with Crippen LogP contribution in [-0.4, -0.2) is 74.7 Å². The molecule has 1 saturated heterocycles. The lowest BCUT2D eigenvalue weighted by atomic mass is 10.1. The molecule has 0 aromatic carbocycles. The molecule has 4 rings (SSSR count). The molecule has 4 heterocycles. The van der Waals surface area contributed by atoms with Crippen LogP contribution in [0.5, 0.6) is 0 Å². The van der Waals surface area contributed by atoms with Gasteiger partial charge in [-0.1, -0.05) is 0 Å². The Morgan fingerprint density at radius 1 is 1.14 bits per heavy atom. The zero-order valence-corrected chi connectivity index (χ0v) is 16.5. The molecule has 0 spiro atoms. The summed E-state index contributed by atoms with van der Waals surface area (Å²) in [5.41, 5.74) is 2.78. The molecule has 146 valence electrons. The van der Waals surface area contributed by atoms with Gasteiger partial charge in [0.25, 0.3) is 0 Å². The third-order valence-electron chi connectivity index (χ3n) is 5.19. The molecule has 1 fully saturated rings. The minimum absolute atomic E-state index is 0.0420. The van der Waals surface area contributed by atoms with Gasteiger partial charge in [0.15, 0.2) is 0 Å². The van der Waals surface area contributed by atoms with Crippen molar-refractivity contribution in [2.75, 3.05) is 38.5 Å². The Kier molecular flexibility index (Phi) is 5.06. The second-order valence-electron chi connectivity index (χ2n) is 7.52. The summed E-state index contributed by atoms with van der Waals surface area (Å²) in [5, 5.41) is 8.07. The van der Waals surface area contributed by atoms with Crippen LogP contribution in [-0.2, 0) is 11.8 Å². The van der Waals surface area contributed by atoms with Gasteiger partial charge >= 0.3 is 0 Å². The van der Waals surface area contributed by atoms with E-state index >= 15 is 0 Å². The van der Waals surface area contributed by atoms with Gasteiger partial charge in [-0.25, -0.2) is 4.98 Å². The van der Waals surface area contributed by atoms with Crippen molar-refractivity contribution >= 4 is 22.6 Å². The summed E-state index contributed by atoms with van der Waals surface area (Å²) in [6.07, 6.45) is 7.26. The standard InChI is InChI=1S/C20H25N7O/c1-14-11-25(2)4-5-27(14)13-20(28)24-19-7-15-6-16(8-21-18(15)10-22-19)17-9-23-26(3)12-17/h6-10,12,14H,4-5,11,13H2,1-3H3,(H,22,24,28)/t14-/m0/s1. The van der Waals surface area contributed by atoms with Gasteiger partial charge in [0.05, 0.1) is 24.5 Å². The van der Waals surface area contributed by atoms with E-state index in [0.29, 0.717) is 18.4 Å². The van der Waals surface area contributed by atoms with Gasteiger partial charge in [0.1, 0.15) is 5.82 Å². The number of rotatable bonds is 4. The van der Waals surface area contributed by atoms with Crippen LogP contribution in [0, 0.1) is 0 Å². The van der Waals surface area contributed by atoms with E-state index in [2.05, 4.69) is 44.2 Å². The van der Waals surface area contributed by atoms with Gasteiger partial charge < -0.3 is 10.2 Å². The molecule has 1 amide bonds. The molecular weight excluding hydrogens is 354 g/mol. The van der Waals surface area contributed by atoms with Crippen molar-refractivity contribution in [3.63, 3.8) is 0 Å². The summed E-state index contributed by atoms with van der Waals surface area (Å²) >= 11 is 0. The van der Waals surface area contributed by atoms with E-state index in [1.807, 2.05) is 37.8 Å². The van der Waals surface area contributed by atoms with Crippen LogP contribution in [0.4, 0.5) is 5.82 Å². The Morgan fingerprint density at radius 2 is 2.00 bits per heavy atom. The highest BCUT2D eigenvalue weighted by atomic mass is 16.2. The van der Waals surface area contributed by atoms with Crippen molar-refractivity contribution in [3.8, 4) is 11.1 Å². The lowest BCUT2D eigenvalue weighted by molar-refractivity contribution is -0.118. The molecule has 1 N–H and O–H groups in total. The summed E-state index contributed by atoms with van der Waals surface area (Å²) in [6, 6.07) is 4.27. The quantitative estimate of drug-likeness (QED) is 0.742. The molecule has 0 bridgehead atoms. The van der Waals surface area contributed by atoms with Crippen LogP contribution < -0.4 is 5.32 Å². The molecular formula is C20H25N7O. The molecule has 3 aromatic heterocycles. The molecule has 0 radical (unpaired) electrons. The predicted molar refractivity (Wildman–Crippen MR) is 109 cm³/mol. The van der Waals surface area contributed by atoms with Crippen LogP contribution in [0.25, 0.3) is 22.0 Å². The van der Waals surface area contributed by atoms with Crippen LogP contribution in [0.1, 0.15) is 6.92 Å². The van der Waals surface area contributed by atoms with Gasteiger partial charge in [-0.2, -0.15) is 5.10 Å². The fraction of sp³-hybridized carbons (Fsp3) is 0.400. The number of nitrogens with one attached hydrogen (secondary N) is 1. The topological polar surface area (TPSA) is 79.2 Å². The van der Waals surface area contributed by atoms with Crippen LogP contribution in [0.15, 0.2) is 36.9 Å². The predicted octanol–water partition coefficient (Wildman–Crippen LogP) is 1.60. The summed E-state index contributed by atoms with van der Waals surface area (Å²) in [7, 11) is 4.00. The molecule has 1 atom stereocenters. The van der Waals surface area contributed by atoms with Crippen molar-refractivity contribution in [1.29, 1.82) is 0 Å². The summed E-state index contributed by atoms with van der Waals surface area (Å²) < 4.78 is 1.76. The van der Waals surface area contributed by atoms with Crippen LogP contribution >= 0.6 is 0 Å². The Hall–Kier alpha value is -2.84. The van der Waals surface area contributed by atoms with Crippen molar-refractivity contribution in [1.82, 2.24) is 29.5 Å². The maximum absolute atomic E-state index is 12.5. The lowest BCUT2D eigenvalue weighted by Gasteiger charge is -2.37. The minimum atomic E-state index is -0.0420. The number of aryl methyl sites for hydroxylation is 1. The number of likely N-dealkylation sites (N-methyl/N-ethyl adjacent to an activating group) is 1. The number of hydrogen-bond acceptors (Lipinski definition) is 6. The number of fused-ring (bicyclic) bond motifs is 1. The Balaban J connectivity index is 1.48. The molecule has 8 nitrogen and oxygen atoms in total. The first-order valence-electron chi connectivity index (χ1n) is 9.45. The number of hydrogen-bond donors (Lipinski definition) is 1. The van der Waals surface area contributed by atoms with E-state index in [1.165, 1.54) is 0 Å². The lowest BCUT2D eigenvalue weighted by Crippen LogP contribution is -2.52. The number of carbonyl (C=O) groups excluding carboxylic acids is 1. The van der Waals surface area contributed by atoms with Crippen molar-refractivity contribution in [2.45, 2.75) is 13.0 Å². The second kappa shape index (κ2) is 7.65. The molecule has 8 heteroatoms. The Labute approximate surface area is 164 Å². The average Bonchev–Trinajstić information content (AvgIpc) is 3.10. The zero-order chi connectivity index (χ0) is 19.7. The minimum Gasteiger partial charge on any atom is -0.310 e. The zero-order valence-electron chi connectivity index (χ0n) is 16.5. The summed E-state index contributed by atoms with van der Waals surface area (Å²) in [5.74, 6) is 0.504. The van der Waals surface area contributed by atoms with Crippen LogP contribution in [0.2, 0.25) is 0 Å². The van der Waals surface area contributed by atoms with E-state index in [-0.39, 0.29) is 5.91 Å². The molecule has 28 heavy (non-hydrogen) atoms. The summed E-state index contributed by atoms with van der Waals surface area (Å²) in [6.45, 7) is 5.39. The van der Waals surface area contributed by atoms with E-state index < -0.39 is 0 Å². The first-order chi connectivity index (χ1) is 13.5. The van der Waals surface area contributed by atoms with Crippen molar-refractivity contribution < 1.29 is 4.79 Å². The largest absolute Gasteiger partial charge is 0.310 e. The van der Waals surface area contributed by atoms with Gasteiger partial charge in [-0.3, -0.25) is 19.4 Å². The molecule has 1 aliphatic heterocycles. The molecule has 0 saturated carbocycles. The normalized spacial score (nSPS) is 18.5. The Bertz CT molecular complexity index is 999. The monoisotopic (exact) mass is 379 g/mol. The summed E-state index contributed by atoms with van der Waals surface area (Å²) in [4.78, 5) is 25.8. The van der Waals surface area contributed by atoms with E-state index in [9.17, 15) is 4.79 Å². The van der Waals surface area contributed by atoms with E-state index in [4.69, 9.17) is 0 Å². The number of carbonyl (C=O) groups is 1. The maximum atomic E-state index is 12.5. The first-order valence-corrected chi connectivity index (χ1v) is 9.45. The number of nitrogens with zero attached hydrogens (tertiary/aromatic N) is 6. The number of piperazine rings is 1. The molecule has 3 aromatic rings. The average molecular weight is 379 g/mol. The fourth-order valence-corrected chi connectivity index (χ4v) is 3.61. The first kappa shape index (κ1) is 18.5. The fourth-order valence-electron chi connectivity index (χ4n) is 3.61. The van der Waals surface area contributed by atoms with Gasteiger partial charge in [-0.05, 0) is 26.1 Å². The molecule has 0 unspecified atom stereocenters. The molecule has 0 aliphatic carbocycles. The van der Waals surface area contributed by atoms with E-state index in [1.54, 1.807) is 10.9 Å². The number of anilines is 1. The number of pyridine rings is 2. The molecule has 1 aliphatic rings. The highest BCUT2D eigenvalue weighted by Crippen LogP contribution is 2.23. The number of amides is 1. The second-order valence-corrected chi connectivity index (χ2v) is 7.52. The van der Waals surface area contributed by atoms with Gasteiger partial charge in [-0.15, -0.1) is 0 Å². The maximum Gasteiger partial charge on any atom is 0.239 e. The van der Waals surface area contributed by atoms with Crippen molar-refractivity contribution in [3.05, 3.63) is 36.9 Å². The van der Waals surface area contributed by atoms with Crippen LogP contribution in [0.3, 0.4) is 0 Å². The van der Waals surface area contributed by atoms with Gasteiger partial charge in [0.2, 0.25) is 5.91 Å². The highest BCUT2D eigenvalue weighted by molar-refractivity contribution is 5.93. The highest BCUT2D eigenvalue weighted by Gasteiger charge is 2.23. The SMILES string of the molecule is C[C@H]1CN(C)CCN1CC(=O)Nc1cc2cc(-c3cnn(C)c3)cnc2cn1. The third-order valence-corrected chi connectivity index (χ3v) is 5.19. The third kappa shape index (κ3) is 4.02. The number of aromatic nitrogens is 4. The van der Waals surface area contributed by atoms with Gasteiger partial charge in [0, 0.05) is 61.6 Å². The smallest absolute Gasteiger partial charge is 0.239 e. The van der Waals surface area contributed by atoms with E-state index in [0.717, 1.165) is 41.7 Å². The Morgan fingerprint density at radius 3 is 2.75 bits per heavy atom.